The van der Waals surface area contributed by atoms with Crippen molar-refractivity contribution >= 4 is 31.3 Å². The van der Waals surface area contributed by atoms with Crippen LogP contribution in [0.2, 0.25) is 6.55 Å². The molecule has 0 N–H and O–H groups in total. The molecule has 10 rings (SSSR count). The van der Waals surface area contributed by atoms with Gasteiger partial charge in [-0.1, -0.05) is 162 Å². The summed E-state index contributed by atoms with van der Waals surface area (Å²) in [6.07, 6.45) is 25.6. The summed E-state index contributed by atoms with van der Waals surface area (Å²) < 4.78 is 0. The molecule has 2 aliphatic heterocycles. The summed E-state index contributed by atoms with van der Waals surface area (Å²) in [6.45, 7) is 2.58. The Morgan fingerprint density at radius 1 is 0.760 bits per heavy atom. The minimum atomic E-state index is -0.791. The Kier molecular flexibility index (Phi) is 7.61. The molecule has 5 atom stereocenters. The van der Waals surface area contributed by atoms with E-state index in [1.807, 2.05) is 0 Å². The van der Waals surface area contributed by atoms with Gasteiger partial charge < -0.3 is 4.90 Å². The zero-order valence-corrected chi connectivity index (χ0v) is 30.5. The first kappa shape index (κ1) is 30.5. The summed E-state index contributed by atoms with van der Waals surface area (Å²) in [5.74, 6) is 1.45. The van der Waals surface area contributed by atoms with Crippen molar-refractivity contribution in [2.24, 2.45) is 0 Å². The van der Waals surface area contributed by atoms with Crippen molar-refractivity contribution < 1.29 is 0 Å². The largest absolute Gasteiger partial charge is 0.362 e. The number of rotatable bonds is 5. The SMILES string of the molecule is C[Si]1C2=CCC3C(=C2C2=C1CC(N(C1=CC=CC(c4ccc5ccccc5c4)C1)C1C=CCC(c4ccccc4)C1)C=C2)Sc1ccccc13. The van der Waals surface area contributed by atoms with Crippen molar-refractivity contribution in [1.82, 2.24) is 4.90 Å². The van der Waals surface area contributed by atoms with Gasteiger partial charge in [-0.25, -0.2) is 0 Å². The molecule has 0 aromatic heterocycles. The van der Waals surface area contributed by atoms with Crippen LogP contribution >= 0.6 is 11.8 Å². The molecule has 5 unspecified atom stereocenters. The third-order valence-electron chi connectivity index (χ3n) is 12.1. The van der Waals surface area contributed by atoms with Gasteiger partial charge in [0.15, 0.2) is 0 Å². The van der Waals surface area contributed by atoms with Gasteiger partial charge in [-0.05, 0) is 88.8 Å². The van der Waals surface area contributed by atoms with E-state index in [0.29, 0.717) is 29.8 Å². The van der Waals surface area contributed by atoms with Gasteiger partial charge >= 0.3 is 0 Å². The number of benzene rings is 4. The van der Waals surface area contributed by atoms with Crippen LogP contribution in [0.15, 0.2) is 183 Å². The Balaban J connectivity index is 1.000. The second kappa shape index (κ2) is 12.5. The molecule has 4 aliphatic carbocycles. The Hall–Kier alpha value is -4.31. The van der Waals surface area contributed by atoms with E-state index < -0.39 is 8.80 Å². The van der Waals surface area contributed by atoms with E-state index in [1.54, 1.807) is 26.4 Å². The predicted octanol–water partition coefficient (Wildman–Crippen LogP) is 11.9. The normalized spacial score (nSPS) is 26.8. The smallest absolute Gasteiger partial charge is 0.114 e. The maximum absolute atomic E-state index is 2.86. The fraction of sp³-hybridized carbons (Fsp3) is 0.234. The number of thioether (sulfide) groups is 1. The number of hydrogen-bond acceptors (Lipinski definition) is 2. The van der Waals surface area contributed by atoms with Gasteiger partial charge in [-0.3, -0.25) is 0 Å². The highest BCUT2D eigenvalue weighted by molar-refractivity contribution is 8.03. The lowest BCUT2D eigenvalue weighted by Gasteiger charge is -2.44. The highest BCUT2D eigenvalue weighted by atomic mass is 32.2. The minimum Gasteiger partial charge on any atom is -0.362 e. The van der Waals surface area contributed by atoms with E-state index in [-0.39, 0.29) is 0 Å². The Morgan fingerprint density at radius 2 is 1.60 bits per heavy atom. The van der Waals surface area contributed by atoms with Gasteiger partial charge in [0.05, 0.1) is 6.04 Å². The molecule has 0 saturated heterocycles. The molecule has 50 heavy (non-hydrogen) atoms. The molecule has 1 radical (unpaired) electrons. The zero-order chi connectivity index (χ0) is 33.2. The molecule has 6 aliphatic rings. The topological polar surface area (TPSA) is 3.24 Å². The van der Waals surface area contributed by atoms with Crippen LogP contribution in [0.4, 0.5) is 0 Å². The van der Waals surface area contributed by atoms with Crippen molar-refractivity contribution in [1.29, 1.82) is 0 Å². The van der Waals surface area contributed by atoms with Crippen molar-refractivity contribution in [3.8, 4) is 0 Å². The Labute approximate surface area is 302 Å². The van der Waals surface area contributed by atoms with E-state index >= 15 is 0 Å². The summed E-state index contributed by atoms with van der Waals surface area (Å²) in [7, 11) is -0.791. The quantitative estimate of drug-likeness (QED) is 0.152. The molecular formula is C47H42NSSi. The van der Waals surface area contributed by atoms with E-state index in [0.717, 1.165) is 32.1 Å². The van der Waals surface area contributed by atoms with Gasteiger partial charge in [-0.15, -0.1) is 0 Å². The molecule has 4 aromatic carbocycles. The monoisotopic (exact) mass is 680 g/mol. The Bertz CT molecular complexity index is 2230. The molecule has 2 heterocycles. The van der Waals surface area contributed by atoms with Crippen LogP contribution in [-0.4, -0.2) is 25.8 Å². The zero-order valence-electron chi connectivity index (χ0n) is 28.6. The highest BCUT2D eigenvalue weighted by Crippen LogP contribution is 2.58. The van der Waals surface area contributed by atoms with E-state index in [4.69, 9.17) is 0 Å². The molecule has 4 aromatic rings. The first-order valence-corrected chi connectivity index (χ1v) is 21.3. The van der Waals surface area contributed by atoms with Crippen LogP contribution in [0.25, 0.3) is 10.8 Å². The van der Waals surface area contributed by atoms with Crippen molar-refractivity contribution in [2.75, 3.05) is 0 Å². The van der Waals surface area contributed by atoms with E-state index in [9.17, 15) is 0 Å². The van der Waals surface area contributed by atoms with Gasteiger partial charge in [0.25, 0.3) is 0 Å². The van der Waals surface area contributed by atoms with Crippen LogP contribution < -0.4 is 0 Å². The van der Waals surface area contributed by atoms with E-state index in [1.165, 1.54) is 38.1 Å². The number of hydrogen-bond donors (Lipinski definition) is 0. The average molecular weight is 681 g/mol. The second-order valence-electron chi connectivity index (χ2n) is 14.9. The molecular weight excluding hydrogens is 639 g/mol. The molecule has 0 amide bonds. The van der Waals surface area contributed by atoms with Gasteiger partial charge in [0.2, 0.25) is 0 Å². The van der Waals surface area contributed by atoms with Gasteiger partial charge in [-0.2, -0.15) is 0 Å². The summed E-state index contributed by atoms with van der Waals surface area (Å²) in [6, 6.07) is 36.9. The van der Waals surface area contributed by atoms with Crippen LogP contribution in [0.3, 0.4) is 0 Å². The van der Waals surface area contributed by atoms with Crippen molar-refractivity contribution in [3.63, 3.8) is 0 Å². The molecule has 0 fully saturated rings. The summed E-state index contributed by atoms with van der Waals surface area (Å²) in [5.41, 5.74) is 9.08. The van der Waals surface area contributed by atoms with Crippen LogP contribution in [-0.2, 0) is 0 Å². The lowest BCUT2D eigenvalue weighted by Crippen LogP contribution is -2.44. The Morgan fingerprint density at radius 3 is 2.52 bits per heavy atom. The number of allylic oxidation sites excluding steroid dienone is 11. The summed E-state index contributed by atoms with van der Waals surface area (Å²) in [4.78, 5) is 5.94. The molecule has 0 bridgehead atoms. The first-order valence-electron chi connectivity index (χ1n) is 18.5. The maximum atomic E-state index is 2.86. The lowest BCUT2D eigenvalue weighted by molar-refractivity contribution is 0.211. The summed E-state index contributed by atoms with van der Waals surface area (Å²) >= 11 is 2.05. The van der Waals surface area contributed by atoms with Gasteiger partial charge in [0.1, 0.15) is 8.80 Å². The molecule has 0 saturated carbocycles. The van der Waals surface area contributed by atoms with Crippen LogP contribution in [0.5, 0.6) is 0 Å². The molecule has 1 nitrogen and oxygen atoms in total. The minimum absolute atomic E-state index is 0.350. The predicted molar refractivity (Wildman–Crippen MR) is 213 cm³/mol. The molecule has 0 spiro atoms. The number of fused-ring (bicyclic) bond motifs is 6. The van der Waals surface area contributed by atoms with Crippen LogP contribution in [0.1, 0.15) is 66.5 Å². The van der Waals surface area contributed by atoms with Crippen molar-refractivity contribution in [3.05, 3.63) is 195 Å². The first-order chi connectivity index (χ1) is 24.7. The average Bonchev–Trinajstić information content (AvgIpc) is 3.70. The third-order valence-corrected chi connectivity index (χ3v) is 16.1. The van der Waals surface area contributed by atoms with E-state index in [2.05, 4.69) is 169 Å². The molecule has 3 heteroatoms. The van der Waals surface area contributed by atoms with Gasteiger partial charge in [0, 0.05) is 33.4 Å². The fourth-order valence-corrected chi connectivity index (χ4v) is 13.7. The summed E-state index contributed by atoms with van der Waals surface area (Å²) in [5, 5.41) is 6.07. The molecule has 245 valence electrons. The third kappa shape index (κ3) is 5.12. The maximum Gasteiger partial charge on any atom is 0.114 e. The van der Waals surface area contributed by atoms with Crippen LogP contribution in [0, 0.1) is 0 Å². The second-order valence-corrected chi connectivity index (χ2v) is 18.4. The lowest BCUT2D eigenvalue weighted by atomic mass is 9.82. The number of nitrogens with zero attached hydrogens (tertiary/aromatic N) is 1. The standard InChI is InChI=1S/C47H42NSSi/c1-50-44-26-25-41-40-19-7-8-20-43(40)49-47(41)46(44)42-24-23-39(30-45(42)50)48(37-17-9-15-34(28-37)31-11-3-2-4-12-31)38-18-10-16-35(29-38)36-22-21-32-13-5-6-14-33(32)27-36/h2-14,16-24,26-27,34-35,37,39,41H,15,25,28-30H2,1H3. The highest BCUT2D eigenvalue weighted by Gasteiger charge is 2.43. The van der Waals surface area contributed by atoms with Crippen molar-refractivity contribution in [2.45, 2.75) is 73.4 Å². The fourth-order valence-electron chi connectivity index (χ4n) is 9.64.